The van der Waals surface area contributed by atoms with E-state index in [1.54, 1.807) is 0 Å². The zero-order valence-electron chi connectivity index (χ0n) is 6.42. The van der Waals surface area contributed by atoms with Gasteiger partial charge in [-0.2, -0.15) is 0 Å². The third kappa shape index (κ3) is 1.27. The molecule has 64 valence electrons. The molecular weight excluding hydrogens is 144 g/mol. The van der Waals surface area contributed by atoms with Crippen LogP contribution in [0.5, 0.6) is 0 Å². The molecule has 0 aromatic rings. The van der Waals surface area contributed by atoms with E-state index in [9.17, 15) is 0 Å². The van der Waals surface area contributed by atoms with Crippen molar-refractivity contribution >= 4 is 0 Å². The molecule has 0 saturated carbocycles. The molecular formula is C7H14N2O2. The Kier molecular flexibility index (Phi) is 2.09. The molecule has 11 heavy (non-hydrogen) atoms. The Labute approximate surface area is 65.9 Å². The summed E-state index contributed by atoms with van der Waals surface area (Å²) in [7, 11) is 0. The Morgan fingerprint density at radius 3 is 2.36 bits per heavy atom. The highest BCUT2D eigenvalue weighted by Gasteiger charge is 2.36. The fraction of sp³-hybridized carbons (Fsp3) is 1.00. The van der Waals surface area contributed by atoms with Crippen molar-refractivity contribution in [2.75, 3.05) is 26.3 Å². The topological polar surface area (TPSA) is 53.5 Å². The minimum Gasteiger partial charge on any atom is -0.381 e. The van der Waals surface area contributed by atoms with E-state index in [0.717, 1.165) is 26.3 Å². The van der Waals surface area contributed by atoms with Crippen molar-refractivity contribution in [3.63, 3.8) is 0 Å². The molecule has 0 aromatic heterocycles. The molecule has 0 amide bonds. The fourth-order valence-corrected chi connectivity index (χ4v) is 2.00. The second-order valence-corrected chi connectivity index (χ2v) is 3.37. The minimum absolute atomic E-state index is 0.241. The third-order valence-electron chi connectivity index (χ3n) is 2.64. The quantitative estimate of drug-likeness (QED) is 0.437. The first-order valence-corrected chi connectivity index (χ1v) is 4.10. The van der Waals surface area contributed by atoms with Crippen LogP contribution in [0.25, 0.3) is 0 Å². The number of ether oxygens (including phenoxy) is 1. The Morgan fingerprint density at radius 2 is 1.91 bits per heavy atom. The monoisotopic (exact) mass is 158 g/mol. The van der Waals surface area contributed by atoms with Crippen LogP contribution < -0.4 is 10.8 Å². The van der Waals surface area contributed by atoms with Gasteiger partial charge in [0.15, 0.2) is 0 Å². The zero-order chi connectivity index (χ0) is 7.68. The molecule has 0 aromatic carbocycles. The molecule has 0 radical (unpaired) electrons. The van der Waals surface area contributed by atoms with Gasteiger partial charge in [0, 0.05) is 31.0 Å². The molecule has 4 heteroatoms. The van der Waals surface area contributed by atoms with Gasteiger partial charge in [-0.15, -0.1) is 0 Å². The third-order valence-corrected chi connectivity index (χ3v) is 2.64. The maximum absolute atomic E-state index is 8.86. The molecule has 2 aliphatic heterocycles. The summed E-state index contributed by atoms with van der Waals surface area (Å²) in [4.78, 5) is 0. The standard InChI is InChI=1S/C7H14N2O2/c10-9-7-5-1-8-2-6(7)4-11-3-5/h5-10H,1-4H2. The molecule has 2 aliphatic rings. The lowest BCUT2D eigenvalue weighted by Crippen LogP contribution is -2.58. The van der Waals surface area contributed by atoms with Crippen LogP contribution in [0.2, 0.25) is 0 Å². The summed E-state index contributed by atoms with van der Waals surface area (Å²) in [5.74, 6) is 0.875. The number of hydrogen-bond donors (Lipinski definition) is 3. The van der Waals surface area contributed by atoms with Crippen LogP contribution in [-0.2, 0) is 4.74 Å². The van der Waals surface area contributed by atoms with Crippen LogP contribution in [0.4, 0.5) is 0 Å². The normalized spacial score (nSPS) is 43.9. The van der Waals surface area contributed by atoms with Gasteiger partial charge in [-0.3, -0.25) is 0 Å². The van der Waals surface area contributed by atoms with Crippen LogP contribution in [-0.4, -0.2) is 37.6 Å². The molecule has 3 N–H and O–H groups in total. The van der Waals surface area contributed by atoms with E-state index in [2.05, 4.69) is 10.8 Å². The second-order valence-electron chi connectivity index (χ2n) is 3.37. The highest BCUT2D eigenvalue weighted by molar-refractivity contribution is 4.90. The van der Waals surface area contributed by atoms with Crippen molar-refractivity contribution in [3.8, 4) is 0 Å². The van der Waals surface area contributed by atoms with Gasteiger partial charge in [0.05, 0.1) is 13.2 Å². The molecule has 0 aliphatic carbocycles. The van der Waals surface area contributed by atoms with Gasteiger partial charge >= 0.3 is 0 Å². The van der Waals surface area contributed by atoms with E-state index < -0.39 is 0 Å². The van der Waals surface area contributed by atoms with Gasteiger partial charge in [0.1, 0.15) is 0 Å². The van der Waals surface area contributed by atoms with Gasteiger partial charge in [-0.25, -0.2) is 5.48 Å². The summed E-state index contributed by atoms with van der Waals surface area (Å²) in [5, 5.41) is 12.2. The van der Waals surface area contributed by atoms with Crippen LogP contribution >= 0.6 is 0 Å². The predicted molar refractivity (Wildman–Crippen MR) is 39.4 cm³/mol. The molecule has 0 spiro atoms. The first kappa shape index (κ1) is 7.49. The number of nitrogens with one attached hydrogen (secondary N) is 2. The minimum atomic E-state index is 0.241. The highest BCUT2D eigenvalue weighted by Crippen LogP contribution is 2.22. The molecule has 2 saturated heterocycles. The zero-order valence-corrected chi connectivity index (χ0v) is 6.42. The summed E-state index contributed by atoms with van der Waals surface area (Å²) in [5.41, 5.74) is 2.39. The maximum Gasteiger partial charge on any atom is 0.0522 e. The highest BCUT2D eigenvalue weighted by atomic mass is 16.5. The summed E-state index contributed by atoms with van der Waals surface area (Å²) >= 11 is 0. The van der Waals surface area contributed by atoms with Crippen molar-refractivity contribution in [3.05, 3.63) is 0 Å². The summed E-state index contributed by atoms with van der Waals surface area (Å²) in [6.45, 7) is 3.44. The van der Waals surface area contributed by atoms with E-state index in [1.165, 1.54) is 0 Å². The van der Waals surface area contributed by atoms with E-state index in [-0.39, 0.29) is 6.04 Å². The first-order valence-electron chi connectivity index (χ1n) is 4.10. The molecule has 2 unspecified atom stereocenters. The summed E-state index contributed by atoms with van der Waals surface area (Å²) in [6.07, 6.45) is 0. The molecule has 2 rings (SSSR count). The molecule has 2 heterocycles. The molecule has 4 nitrogen and oxygen atoms in total. The van der Waals surface area contributed by atoms with Gasteiger partial charge < -0.3 is 15.3 Å². The fourth-order valence-electron chi connectivity index (χ4n) is 2.00. The van der Waals surface area contributed by atoms with E-state index in [1.807, 2.05) is 0 Å². The first-order chi connectivity index (χ1) is 5.42. The number of piperidine rings is 1. The van der Waals surface area contributed by atoms with Gasteiger partial charge in [-0.05, 0) is 0 Å². The molecule has 2 fully saturated rings. The Balaban J connectivity index is 2.04. The van der Waals surface area contributed by atoms with Crippen LogP contribution in [0.3, 0.4) is 0 Å². The molecule has 2 bridgehead atoms. The van der Waals surface area contributed by atoms with Crippen molar-refractivity contribution in [1.29, 1.82) is 0 Å². The van der Waals surface area contributed by atoms with E-state index in [0.29, 0.717) is 11.8 Å². The van der Waals surface area contributed by atoms with Crippen LogP contribution in [0, 0.1) is 11.8 Å². The SMILES string of the molecule is ONC1C2CNCC1COC2. The lowest BCUT2D eigenvalue weighted by molar-refractivity contribution is -0.0645. The van der Waals surface area contributed by atoms with Crippen molar-refractivity contribution in [2.45, 2.75) is 6.04 Å². The van der Waals surface area contributed by atoms with Crippen molar-refractivity contribution in [1.82, 2.24) is 10.8 Å². The number of fused-ring (bicyclic) bond motifs is 2. The maximum atomic E-state index is 8.86. The smallest absolute Gasteiger partial charge is 0.0522 e. The predicted octanol–water partition coefficient (Wildman–Crippen LogP) is -0.800. The van der Waals surface area contributed by atoms with Gasteiger partial charge in [0.25, 0.3) is 0 Å². The summed E-state index contributed by atoms with van der Waals surface area (Å²) < 4.78 is 5.38. The van der Waals surface area contributed by atoms with Crippen LogP contribution in [0.1, 0.15) is 0 Å². The van der Waals surface area contributed by atoms with E-state index >= 15 is 0 Å². The lowest BCUT2D eigenvalue weighted by Gasteiger charge is -2.41. The van der Waals surface area contributed by atoms with Gasteiger partial charge in [0.2, 0.25) is 0 Å². The Morgan fingerprint density at radius 1 is 1.27 bits per heavy atom. The average Bonchev–Trinajstić information content (AvgIpc) is 2.03. The number of rotatable bonds is 1. The van der Waals surface area contributed by atoms with Crippen molar-refractivity contribution < 1.29 is 9.94 Å². The lowest BCUT2D eigenvalue weighted by atomic mass is 9.84. The second kappa shape index (κ2) is 3.06. The van der Waals surface area contributed by atoms with Crippen molar-refractivity contribution in [2.24, 2.45) is 11.8 Å². The molecule has 2 atom stereocenters. The average molecular weight is 158 g/mol. The number of hydroxylamine groups is 1. The van der Waals surface area contributed by atoms with Crippen LogP contribution in [0.15, 0.2) is 0 Å². The Bertz CT molecular complexity index is 120. The number of hydrogen-bond acceptors (Lipinski definition) is 4. The van der Waals surface area contributed by atoms with E-state index in [4.69, 9.17) is 9.94 Å². The Hall–Kier alpha value is -0.160. The van der Waals surface area contributed by atoms with Gasteiger partial charge in [-0.1, -0.05) is 0 Å². The largest absolute Gasteiger partial charge is 0.381 e. The summed E-state index contributed by atoms with van der Waals surface area (Å²) in [6, 6.07) is 0.241.